The van der Waals surface area contributed by atoms with Crippen LogP contribution in [0, 0.1) is 0 Å². The molecule has 0 aromatic heterocycles. The first-order valence-corrected chi connectivity index (χ1v) is 10.1. The van der Waals surface area contributed by atoms with Crippen molar-refractivity contribution in [1.29, 1.82) is 0 Å². The maximum absolute atomic E-state index is 12.2. The zero-order valence-corrected chi connectivity index (χ0v) is 18.2. The molecule has 6 nitrogen and oxygen atoms in total. The molecule has 160 valence electrons. The van der Waals surface area contributed by atoms with Gasteiger partial charge in [0.2, 0.25) is 0 Å². The lowest BCUT2D eigenvalue weighted by Crippen LogP contribution is -2.17. The largest absolute Gasteiger partial charge is 0.493 e. The van der Waals surface area contributed by atoms with Crippen LogP contribution < -0.4 is 19.6 Å². The molecular formula is C23H20Cl2N2O4. The van der Waals surface area contributed by atoms with Crippen molar-refractivity contribution in [3.8, 4) is 17.2 Å². The fourth-order valence-corrected chi connectivity index (χ4v) is 3.02. The van der Waals surface area contributed by atoms with Gasteiger partial charge in [0.25, 0.3) is 5.91 Å². The van der Waals surface area contributed by atoms with Gasteiger partial charge in [0.15, 0.2) is 11.5 Å². The van der Waals surface area contributed by atoms with E-state index in [1.807, 2.05) is 24.3 Å². The molecule has 0 fully saturated rings. The number of hydrogen-bond acceptors (Lipinski definition) is 5. The van der Waals surface area contributed by atoms with Gasteiger partial charge in [-0.05, 0) is 48.5 Å². The zero-order valence-electron chi connectivity index (χ0n) is 16.7. The standard InChI is InChI=1S/C23H20Cl2N2O4/c1-29-21-7-2-3-8-22(21)31-12-11-30-20-10-9-19(25)14-17(20)15-26-27-23(28)16-5-4-6-18(24)13-16/h2-10,13-15H,11-12H2,1H3,(H,27,28)/b26-15+. The summed E-state index contributed by atoms with van der Waals surface area (Å²) in [5.41, 5.74) is 3.47. The van der Waals surface area contributed by atoms with E-state index in [2.05, 4.69) is 10.5 Å². The highest BCUT2D eigenvalue weighted by Crippen LogP contribution is 2.26. The SMILES string of the molecule is COc1ccccc1OCCOc1ccc(Cl)cc1/C=N/NC(=O)c1cccc(Cl)c1. The predicted octanol–water partition coefficient (Wildman–Crippen LogP) is 5.22. The molecular weight excluding hydrogens is 439 g/mol. The summed E-state index contributed by atoms with van der Waals surface area (Å²) in [6.45, 7) is 0.598. The third kappa shape index (κ3) is 6.64. The molecule has 3 aromatic rings. The topological polar surface area (TPSA) is 69.2 Å². The van der Waals surface area contributed by atoms with Crippen LogP contribution in [0.25, 0.3) is 0 Å². The Morgan fingerprint density at radius 2 is 1.61 bits per heavy atom. The molecule has 0 aliphatic rings. The Morgan fingerprint density at radius 1 is 0.903 bits per heavy atom. The van der Waals surface area contributed by atoms with Gasteiger partial charge >= 0.3 is 0 Å². The molecule has 0 heterocycles. The lowest BCUT2D eigenvalue weighted by Gasteiger charge is -2.12. The summed E-state index contributed by atoms with van der Waals surface area (Å²) in [7, 11) is 1.59. The third-order valence-corrected chi connectivity index (χ3v) is 4.57. The number of para-hydroxylation sites is 2. The zero-order chi connectivity index (χ0) is 22.1. The van der Waals surface area contributed by atoms with Gasteiger partial charge < -0.3 is 14.2 Å². The average molecular weight is 459 g/mol. The number of carbonyl (C=O) groups excluding carboxylic acids is 1. The Balaban J connectivity index is 1.58. The molecule has 0 atom stereocenters. The smallest absolute Gasteiger partial charge is 0.271 e. The lowest BCUT2D eigenvalue weighted by atomic mass is 10.2. The van der Waals surface area contributed by atoms with E-state index in [4.69, 9.17) is 37.4 Å². The number of amides is 1. The number of methoxy groups -OCH3 is 1. The van der Waals surface area contributed by atoms with E-state index in [0.29, 0.717) is 45.0 Å². The third-order valence-electron chi connectivity index (χ3n) is 4.10. The van der Waals surface area contributed by atoms with E-state index in [9.17, 15) is 4.79 Å². The summed E-state index contributed by atoms with van der Waals surface area (Å²) in [6, 6.07) is 19.1. The van der Waals surface area contributed by atoms with Crippen molar-refractivity contribution >= 4 is 35.3 Å². The first-order valence-electron chi connectivity index (χ1n) is 9.34. The fraction of sp³-hybridized carbons (Fsp3) is 0.130. The highest BCUT2D eigenvalue weighted by atomic mass is 35.5. The summed E-state index contributed by atoms with van der Waals surface area (Å²) >= 11 is 12.0. The minimum Gasteiger partial charge on any atom is -0.493 e. The van der Waals surface area contributed by atoms with Crippen molar-refractivity contribution in [3.05, 3.63) is 87.9 Å². The van der Waals surface area contributed by atoms with Crippen LogP contribution in [0.15, 0.2) is 71.8 Å². The highest BCUT2D eigenvalue weighted by Gasteiger charge is 2.07. The van der Waals surface area contributed by atoms with Gasteiger partial charge in [0.1, 0.15) is 19.0 Å². The van der Waals surface area contributed by atoms with E-state index in [0.717, 1.165) is 0 Å². The molecule has 1 N–H and O–H groups in total. The molecule has 0 saturated carbocycles. The van der Waals surface area contributed by atoms with Crippen LogP contribution in [-0.4, -0.2) is 32.4 Å². The number of nitrogens with one attached hydrogen (secondary N) is 1. The molecule has 0 aliphatic carbocycles. The molecule has 1 amide bonds. The van der Waals surface area contributed by atoms with Gasteiger partial charge in [-0.3, -0.25) is 4.79 Å². The van der Waals surface area contributed by atoms with Gasteiger partial charge in [-0.2, -0.15) is 5.10 Å². The Kier molecular flexibility index (Phi) is 8.15. The molecule has 0 spiro atoms. The quantitative estimate of drug-likeness (QED) is 0.271. The summed E-state index contributed by atoms with van der Waals surface area (Å²) in [4.78, 5) is 12.2. The first-order chi connectivity index (χ1) is 15.1. The van der Waals surface area contributed by atoms with E-state index < -0.39 is 0 Å². The van der Waals surface area contributed by atoms with E-state index >= 15 is 0 Å². The van der Waals surface area contributed by atoms with Crippen LogP contribution in [0.5, 0.6) is 17.2 Å². The Morgan fingerprint density at radius 3 is 2.35 bits per heavy atom. The van der Waals surface area contributed by atoms with Crippen LogP contribution in [0.1, 0.15) is 15.9 Å². The van der Waals surface area contributed by atoms with Crippen molar-refractivity contribution in [3.63, 3.8) is 0 Å². The predicted molar refractivity (Wildman–Crippen MR) is 122 cm³/mol. The normalized spacial score (nSPS) is 10.7. The van der Waals surface area contributed by atoms with Crippen molar-refractivity contribution in [2.45, 2.75) is 0 Å². The van der Waals surface area contributed by atoms with Crippen molar-refractivity contribution in [2.24, 2.45) is 5.10 Å². The molecule has 3 aromatic carbocycles. The van der Waals surface area contributed by atoms with E-state index in [-0.39, 0.29) is 12.5 Å². The van der Waals surface area contributed by atoms with E-state index in [1.54, 1.807) is 49.6 Å². The first kappa shape index (κ1) is 22.5. The summed E-state index contributed by atoms with van der Waals surface area (Å²) in [5.74, 6) is 1.45. The minimum atomic E-state index is -0.381. The van der Waals surface area contributed by atoms with E-state index in [1.165, 1.54) is 6.21 Å². The molecule has 0 aliphatic heterocycles. The Hall–Kier alpha value is -3.22. The molecule has 0 bridgehead atoms. The fourth-order valence-electron chi connectivity index (χ4n) is 2.65. The Labute approximate surface area is 190 Å². The second-order valence-corrected chi connectivity index (χ2v) is 7.11. The maximum Gasteiger partial charge on any atom is 0.271 e. The number of hydrogen-bond donors (Lipinski definition) is 1. The Bertz CT molecular complexity index is 1070. The van der Waals surface area contributed by atoms with Crippen molar-refractivity contribution in [1.82, 2.24) is 5.43 Å². The maximum atomic E-state index is 12.2. The highest BCUT2D eigenvalue weighted by molar-refractivity contribution is 6.31. The monoisotopic (exact) mass is 458 g/mol. The van der Waals surface area contributed by atoms with Crippen molar-refractivity contribution < 1.29 is 19.0 Å². The van der Waals surface area contributed by atoms with Crippen molar-refractivity contribution in [2.75, 3.05) is 20.3 Å². The van der Waals surface area contributed by atoms with Gasteiger partial charge in [-0.1, -0.05) is 41.4 Å². The summed E-state index contributed by atoms with van der Waals surface area (Å²) in [5, 5.41) is 4.98. The van der Waals surface area contributed by atoms with Gasteiger partial charge in [-0.25, -0.2) is 5.43 Å². The number of halogens is 2. The summed E-state index contributed by atoms with van der Waals surface area (Å²) < 4.78 is 16.8. The molecule has 0 radical (unpaired) electrons. The summed E-state index contributed by atoms with van der Waals surface area (Å²) in [6.07, 6.45) is 1.46. The average Bonchev–Trinajstić information content (AvgIpc) is 2.78. The van der Waals surface area contributed by atoms with Crippen LogP contribution in [0.3, 0.4) is 0 Å². The second-order valence-electron chi connectivity index (χ2n) is 6.24. The molecule has 8 heteroatoms. The second kappa shape index (κ2) is 11.2. The molecule has 0 saturated heterocycles. The van der Waals surface area contributed by atoms with Gasteiger partial charge in [0, 0.05) is 21.2 Å². The number of rotatable bonds is 9. The van der Waals surface area contributed by atoms with Gasteiger partial charge in [0.05, 0.1) is 13.3 Å². The van der Waals surface area contributed by atoms with Crippen LogP contribution in [0.4, 0.5) is 0 Å². The molecule has 0 unspecified atom stereocenters. The minimum absolute atomic E-state index is 0.287. The van der Waals surface area contributed by atoms with Crippen LogP contribution in [0.2, 0.25) is 10.0 Å². The number of carbonyl (C=O) groups is 1. The van der Waals surface area contributed by atoms with Crippen LogP contribution in [-0.2, 0) is 0 Å². The molecule has 3 rings (SSSR count). The lowest BCUT2D eigenvalue weighted by molar-refractivity contribution is 0.0955. The number of nitrogens with zero attached hydrogens (tertiary/aromatic N) is 1. The molecule has 31 heavy (non-hydrogen) atoms. The number of hydrazone groups is 1. The number of ether oxygens (including phenoxy) is 3. The number of benzene rings is 3. The van der Waals surface area contributed by atoms with Crippen LogP contribution >= 0.6 is 23.2 Å². The van der Waals surface area contributed by atoms with Gasteiger partial charge in [-0.15, -0.1) is 0 Å².